The number of anilines is 2. The normalized spacial score (nSPS) is 24.4. The summed E-state index contributed by atoms with van der Waals surface area (Å²) >= 11 is 0. The molecule has 1 N–H and O–H groups in total. The molecule has 3 heterocycles. The number of hydrogen-bond acceptors (Lipinski definition) is 5. The van der Waals surface area contributed by atoms with E-state index in [1.807, 2.05) is 31.3 Å². The highest BCUT2D eigenvalue weighted by atomic mass is 16.6. The van der Waals surface area contributed by atoms with Gasteiger partial charge in [-0.1, -0.05) is 18.2 Å². The molecule has 1 aromatic carbocycles. The average Bonchev–Trinajstić information content (AvgIpc) is 3.05. The minimum atomic E-state index is -0.552. The third-order valence-electron chi connectivity index (χ3n) is 4.78. The lowest BCUT2D eigenvalue weighted by molar-refractivity contribution is 0.0914. The van der Waals surface area contributed by atoms with Crippen molar-refractivity contribution in [1.29, 1.82) is 0 Å². The van der Waals surface area contributed by atoms with Crippen LogP contribution in [0.5, 0.6) is 5.88 Å². The van der Waals surface area contributed by atoms with Crippen LogP contribution in [0.4, 0.5) is 16.2 Å². The number of carbonyl (C=O) groups excluding carboxylic acids is 1. The number of fused-ring (bicyclic) bond motifs is 3. The van der Waals surface area contributed by atoms with Gasteiger partial charge in [0.15, 0.2) is 0 Å². The van der Waals surface area contributed by atoms with E-state index in [1.54, 1.807) is 18.2 Å². The number of nitrogens with one attached hydrogen (secondary N) is 1. The number of nitrogens with zero attached hydrogens (tertiary/aromatic N) is 2. The fourth-order valence-electron chi connectivity index (χ4n) is 3.55. The minimum Gasteiger partial charge on any atom is -0.391 e. The third kappa shape index (κ3) is 2.30. The SMILES string of the molecule is CN1c2ccc(OC(=O)Nc3ccccc3)nc2[C@]2(C)CCO[C@H]12. The van der Waals surface area contributed by atoms with E-state index < -0.39 is 6.09 Å². The van der Waals surface area contributed by atoms with Gasteiger partial charge in [-0.25, -0.2) is 9.78 Å². The smallest absolute Gasteiger partial charge is 0.391 e. The summed E-state index contributed by atoms with van der Waals surface area (Å²) in [6.45, 7) is 2.86. The summed E-state index contributed by atoms with van der Waals surface area (Å²) in [5, 5.41) is 2.69. The maximum atomic E-state index is 12.0. The van der Waals surface area contributed by atoms with Gasteiger partial charge in [-0.15, -0.1) is 0 Å². The number of carbonyl (C=O) groups is 1. The molecule has 0 bridgehead atoms. The van der Waals surface area contributed by atoms with E-state index in [9.17, 15) is 4.79 Å². The van der Waals surface area contributed by atoms with Crippen LogP contribution in [-0.4, -0.2) is 31.0 Å². The predicted octanol–water partition coefficient (Wildman–Crippen LogP) is 3.15. The molecule has 6 heteroatoms. The molecule has 2 atom stereocenters. The fourth-order valence-corrected chi connectivity index (χ4v) is 3.55. The number of rotatable bonds is 2. The zero-order valence-electron chi connectivity index (χ0n) is 13.7. The van der Waals surface area contributed by atoms with Crippen LogP contribution >= 0.6 is 0 Å². The number of para-hydroxylation sites is 1. The molecule has 0 aliphatic carbocycles. The van der Waals surface area contributed by atoms with Crippen LogP contribution in [0, 0.1) is 0 Å². The van der Waals surface area contributed by atoms with Crippen molar-refractivity contribution in [3.8, 4) is 5.88 Å². The van der Waals surface area contributed by atoms with Gasteiger partial charge in [-0.05, 0) is 31.5 Å². The maximum absolute atomic E-state index is 12.0. The summed E-state index contributed by atoms with van der Waals surface area (Å²) in [5.74, 6) is 0.296. The number of likely N-dealkylation sites (N-methyl/N-ethyl adjacent to an activating group) is 1. The van der Waals surface area contributed by atoms with Gasteiger partial charge in [0, 0.05) is 18.8 Å². The number of amides is 1. The molecule has 0 spiro atoms. The Bertz CT molecular complexity index is 780. The highest BCUT2D eigenvalue weighted by Crippen LogP contribution is 2.49. The molecule has 0 radical (unpaired) electrons. The van der Waals surface area contributed by atoms with Crippen molar-refractivity contribution in [3.05, 3.63) is 48.2 Å². The molecule has 1 amide bonds. The van der Waals surface area contributed by atoms with Crippen LogP contribution in [0.2, 0.25) is 0 Å². The number of pyridine rings is 1. The monoisotopic (exact) mass is 325 g/mol. The van der Waals surface area contributed by atoms with Crippen molar-refractivity contribution in [3.63, 3.8) is 0 Å². The second kappa shape index (κ2) is 5.49. The molecule has 1 fully saturated rings. The Balaban J connectivity index is 1.55. The second-order valence-corrected chi connectivity index (χ2v) is 6.40. The van der Waals surface area contributed by atoms with Gasteiger partial charge in [-0.3, -0.25) is 5.32 Å². The van der Waals surface area contributed by atoms with Crippen LogP contribution in [-0.2, 0) is 10.2 Å². The van der Waals surface area contributed by atoms with E-state index in [1.165, 1.54) is 0 Å². The van der Waals surface area contributed by atoms with Gasteiger partial charge in [0.25, 0.3) is 0 Å². The van der Waals surface area contributed by atoms with E-state index in [0.29, 0.717) is 18.2 Å². The molecule has 1 aromatic heterocycles. The van der Waals surface area contributed by atoms with Gasteiger partial charge in [0.05, 0.1) is 23.4 Å². The van der Waals surface area contributed by atoms with Gasteiger partial charge >= 0.3 is 6.09 Å². The van der Waals surface area contributed by atoms with Crippen molar-refractivity contribution in [1.82, 2.24) is 4.98 Å². The van der Waals surface area contributed by atoms with Crippen molar-refractivity contribution in [2.75, 3.05) is 23.9 Å². The van der Waals surface area contributed by atoms with Gasteiger partial charge in [0.1, 0.15) is 6.23 Å². The van der Waals surface area contributed by atoms with E-state index >= 15 is 0 Å². The summed E-state index contributed by atoms with van der Waals surface area (Å²) in [6.07, 6.45) is 0.347. The summed E-state index contributed by atoms with van der Waals surface area (Å²) in [6, 6.07) is 12.8. The number of ether oxygens (including phenoxy) is 2. The van der Waals surface area contributed by atoms with Crippen LogP contribution in [0.1, 0.15) is 19.0 Å². The molecule has 24 heavy (non-hydrogen) atoms. The molecule has 2 aliphatic heterocycles. The largest absolute Gasteiger partial charge is 0.418 e. The quantitative estimate of drug-likeness (QED) is 0.919. The maximum Gasteiger partial charge on any atom is 0.418 e. The Morgan fingerprint density at radius 2 is 2.12 bits per heavy atom. The molecule has 1 saturated heterocycles. The van der Waals surface area contributed by atoms with Crippen molar-refractivity contribution in [2.45, 2.75) is 25.0 Å². The van der Waals surface area contributed by atoms with Crippen molar-refractivity contribution < 1.29 is 14.3 Å². The predicted molar refractivity (Wildman–Crippen MR) is 90.4 cm³/mol. The van der Waals surface area contributed by atoms with E-state index in [2.05, 4.69) is 22.1 Å². The molecule has 0 unspecified atom stereocenters. The van der Waals surface area contributed by atoms with Crippen LogP contribution in [0.15, 0.2) is 42.5 Å². The molecular weight excluding hydrogens is 306 g/mol. The standard InChI is InChI=1S/C18H19N3O3/c1-18-10-11-23-16(18)21(2)13-8-9-14(20-15(13)18)24-17(22)19-12-6-4-3-5-7-12/h3-9,16H,10-11H2,1-2H3,(H,19,22)/t16-,18-/m0/s1. The lowest BCUT2D eigenvalue weighted by Gasteiger charge is -2.25. The minimum absolute atomic E-state index is 0.00612. The van der Waals surface area contributed by atoms with E-state index in [0.717, 1.165) is 17.8 Å². The first kappa shape index (κ1) is 15.0. The molecule has 6 nitrogen and oxygen atoms in total. The van der Waals surface area contributed by atoms with Gasteiger partial charge < -0.3 is 14.4 Å². The molecule has 2 aromatic rings. The molecule has 2 aliphatic rings. The van der Waals surface area contributed by atoms with E-state index in [4.69, 9.17) is 9.47 Å². The Morgan fingerprint density at radius 3 is 2.92 bits per heavy atom. The number of aromatic nitrogens is 1. The molecule has 0 saturated carbocycles. The van der Waals surface area contributed by atoms with E-state index in [-0.39, 0.29) is 11.6 Å². The van der Waals surface area contributed by atoms with Gasteiger partial charge in [0.2, 0.25) is 5.88 Å². The molecule has 124 valence electrons. The molecular formula is C18H19N3O3. The Labute approximate surface area is 140 Å². The van der Waals surface area contributed by atoms with Crippen LogP contribution in [0.3, 0.4) is 0 Å². The summed E-state index contributed by atoms with van der Waals surface area (Å²) < 4.78 is 11.2. The van der Waals surface area contributed by atoms with Crippen molar-refractivity contribution >= 4 is 17.5 Å². The summed E-state index contributed by atoms with van der Waals surface area (Å²) in [7, 11) is 2.00. The average molecular weight is 325 g/mol. The highest BCUT2D eigenvalue weighted by molar-refractivity contribution is 5.86. The Hall–Kier alpha value is -2.60. The van der Waals surface area contributed by atoms with Crippen LogP contribution < -0.4 is 15.0 Å². The Kier molecular flexibility index (Phi) is 3.42. The van der Waals surface area contributed by atoms with Gasteiger partial charge in [-0.2, -0.15) is 0 Å². The van der Waals surface area contributed by atoms with Crippen molar-refractivity contribution in [2.24, 2.45) is 0 Å². The lowest BCUT2D eigenvalue weighted by atomic mass is 9.85. The molecule has 4 rings (SSSR count). The number of benzene rings is 1. The first-order valence-electron chi connectivity index (χ1n) is 7.98. The number of hydrogen-bond donors (Lipinski definition) is 1. The lowest BCUT2D eigenvalue weighted by Crippen LogP contribution is -2.37. The van der Waals surface area contributed by atoms with Crippen LogP contribution in [0.25, 0.3) is 0 Å². The summed E-state index contributed by atoms with van der Waals surface area (Å²) in [4.78, 5) is 18.7. The zero-order valence-corrected chi connectivity index (χ0v) is 13.7. The Morgan fingerprint density at radius 1 is 1.33 bits per heavy atom. The zero-order chi connectivity index (χ0) is 16.7. The topological polar surface area (TPSA) is 63.7 Å². The first-order chi connectivity index (χ1) is 11.6. The second-order valence-electron chi connectivity index (χ2n) is 6.40. The summed E-state index contributed by atoms with van der Waals surface area (Å²) in [5.41, 5.74) is 2.47. The third-order valence-corrected chi connectivity index (χ3v) is 4.78. The first-order valence-corrected chi connectivity index (χ1v) is 7.98. The highest BCUT2D eigenvalue weighted by Gasteiger charge is 2.52. The fraction of sp³-hybridized carbons (Fsp3) is 0.333.